The lowest BCUT2D eigenvalue weighted by Gasteiger charge is -2.17. The molecule has 0 bridgehead atoms. The Bertz CT molecular complexity index is 676. The van der Waals surface area contributed by atoms with Gasteiger partial charge in [0, 0.05) is 25.3 Å². The molecule has 1 saturated heterocycles. The van der Waals surface area contributed by atoms with Crippen LogP contribution in [0.5, 0.6) is 5.75 Å². The molecule has 1 N–H and O–H groups in total. The van der Waals surface area contributed by atoms with E-state index in [1.54, 1.807) is 19.2 Å². The zero-order valence-corrected chi connectivity index (χ0v) is 14.1. The third-order valence-corrected chi connectivity index (χ3v) is 4.46. The standard InChI is InChI=1S/C20H24N2O2/c1-24-19-7-3-2-6-18(19)20(23)21-13-12-16-8-10-17(11-9-16)22-14-4-5-15-22/h2-3,6-11H,4-5,12-15H2,1H3,(H,21,23). The first-order chi connectivity index (χ1) is 11.8. The van der Waals surface area contributed by atoms with Gasteiger partial charge in [-0.15, -0.1) is 0 Å². The summed E-state index contributed by atoms with van der Waals surface area (Å²) >= 11 is 0. The van der Waals surface area contributed by atoms with Gasteiger partial charge in [0.2, 0.25) is 0 Å². The Morgan fingerprint density at radius 3 is 2.50 bits per heavy atom. The van der Waals surface area contributed by atoms with Gasteiger partial charge in [0.05, 0.1) is 12.7 Å². The monoisotopic (exact) mass is 324 g/mol. The van der Waals surface area contributed by atoms with E-state index < -0.39 is 0 Å². The Hall–Kier alpha value is -2.49. The summed E-state index contributed by atoms with van der Waals surface area (Å²) in [5.74, 6) is 0.506. The number of nitrogens with one attached hydrogen (secondary N) is 1. The number of amides is 1. The Kier molecular flexibility index (Phi) is 5.36. The first kappa shape index (κ1) is 16.4. The van der Waals surface area contributed by atoms with Crippen LogP contribution in [-0.2, 0) is 6.42 Å². The van der Waals surface area contributed by atoms with E-state index in [1.165, 1.54) is 24.1 Å². The predicted octanol–water partition coefficient (Wildman–Crippen LogP) is 3.27. The quantitative estimate of drug-likeness (QED) is 0.887. The van der Waals surface area contributed by atoms with Crippen LogP contribution in [0.25, 0.3) is 0 Å². The first-order valence-electron chi connectivity index (χ1n) is 8.53. The number of benzene rings is 2. The molecular formula is C20H24N2O2. The van der Waals surface area contributed by atoms with E-state index in [1.807, 2.05) is 12.1 Å². The van der Waals surface area contributed by atoms with E-state index >= 15 is 0 Å². The zero-order valence-electron chi connectivity index (χ0n) is 14.1. The number of nitrogens with zero attached hydrogens (tertiary/aromatic N) is 1. The molecule has 4 heteroatoms. The van der Waals surface area contributed by atoms with Gasteiger partial charge in [0.25, 0.3) is 5.91 Å². The van der Waals surface area contributed by atoms with Gasteiger partial charge in [-0.1, -0.05) is 24.3 Å². The topological polar surface area (TPSA) is 41.6 Å². The zero-order chi connectivity index (χ0) is 16.8. The fourth-order valence-corrected chi connectivity index (χ4v) is 3.10. The van der Waals surface area contributed by atoms with Crippen molar-refractivity contribution in [1.29, 1.82) is 0 Å². The molecule has 0 radical (unpaired) electrons. The summed E-state index contributed by atoms with van der Waals surface area (Å²) in [4.78, 5) is 14.7. The Morgan fingerprint density at radius 2 is 1.79 bits per heavy atom. The van der Waals surface area contributed by atoms with Crippen molar-refractivity contribution in [3.8, 4) is 5.75 Å². The number of hydrogen-bond acceptors (Lipinski definition) is 3. The van der Waals surface area contributed by atoms with E-state index in [4.69, 9.17) is 4.74 Å². The van der Waals surface area contributed by atoms with Crippen molar-refractivity contribution in [2.75, 3.05) is 31.6 Å². The van der Waals surface area contributed by atoms with Gasteiger partial charge in [-0.05, 0) is 49.1 Å². The molecule has 0 saturated carbocycles. The second-order valence-electron chi connectivity index (χ2n) is 6.07. The summed E-state index contributed by atoms with van der Waals surface area (Å²) in [6.07, 6.45) is 3.40. The maximum Gasteiger partial charge on any atom is 0.255 e. The van der Waals surface area contributed by atoms with Crippen LogP contribution in [0.15, 0.2) is 48.5 Å². The van der Waals surface area contributed by atoms with Gasteiger partial charge < -0.3 is 15.0 Å². The number of hydrogen-bond donors (Lipinski definition) is 1. The SMILES string of the molecule is COc1ccccc1C(=O)NCCc1ccc(N2CCCC2)cc1. The third-order valence-electron chi connectivity index (χ3n) is 4.46. The summed E-state index contributed by atoms with van der Waals surface area (Å²) in [5.41, 5.74) is 3.11. The van der Waals surface area contributed by atoms with E-state index in [0.717, 1.165) is 19.5 Å². The predicted molar refractivity (Wildman–Crippen MR) is 96.9 cm³/mol. The highest BCUT2D eigenvalue weighted by molar-refractivity contribution is 5.96. The van der Waals surface area contributed by atoms with Gasteiger partial charge in [0.15, 0.2) is 0 Å². The highest BCUT2D eigenvalue weighted by Crippen LogP contribution is 2.20. The normalized spacial score (nSPS) is 13.8. The van der Waals surface area contributed by atoms with Gasteiger partial charge >= 0.3 is 0 Å². The van der Waals surface area contributed by atoms with Crippen molar-refractivity contribution >= 4 is 11.6 Å². The number of anilines is 1. The number of ether oxygens (including phenoxy) is 1. The fraction of sp³-hybridized carbons (Fsp3) is 0.350. The second-order valence-corrected chi connectivity index (χ2v) is 6.07. The minimum absolute atomic E-state index is 0.0962. The van der Waals surface area contributed by atoms with Crippen molar-refractivity contribution in [2.24, 2.45) is 0 Å². The molecule has 1 amide bonds. The molecule has 4 nitrogen and oxygen atoms in total. The van der Waals surface area contributed by atoms with Crippen LogP contribution in [0.3, 0.4) is 0 Å². The van der Waals surface area contributed by atoms with E-state index in [0.29, 0.717) is 17.9 Å². The maximum absolute atomic E-state index is 12.2. The average molecular weight is 324 g/mol. The molecule has 0 unspecified atom stereocenters. The molecule has 2 aromatic carbocycles. The highest BCUT2D eigenvalue weighted by atomic mass is 16.5. The van der Waals surface area contributed by atoms with Crippen molar-refractivity contribution in [3.63, 3.8) is 0 Å². The van der Waals surface area contributed by atoms with Crippen LogP contribution in [0.1, 0.15) is 28.8 Å². The van der Waals surface area contributed by atoms with E-state index in [2.05, 4.69) is 34.5 Å². The Balaban J connectivity index is 1.51. The van der Waals surface area contributed by atoms with Crippen LogP contribution in [0, 0.1) is 0 Å². The third kappa shape index (κ3) is 3.88. The summed E-state index contributed by atoms with van der Waals surface area (Å²) in [6, 6.07) is 16.0. The highest BCUT2D eigenvalue weighted by Gasteiger charge is 2.12. The molecule has 1 aliphatic rings. The summed E-state index contributed by atoms with van der Waals surface area (Å²) in [5, 5.41) is 2.96. The molecule has 1 aliphatic heterocycles. The molecule has 1 heterocycles. The number of rotatable bonds is 6. The number of para-hydroxylation sites is 1. The number of carbonyl (C=O) groups excluding carboxylic acids is 1. The van der Waals surface area contributed by atoms with Crippen LogP contribution in [0.4, 0.5) is 5.69 Å². The molecule has 0 atom stereocenters. The molecule has 0 aliphatic carbocycles. The molecule has 126 valence electrons. The minimum atomic E-state index is -0.0962. The van der Waals surface area contributed by atoms with Gasteiger partial charge in [0.1, 0.15) is 5.75 Å². The van der Waals surface area contributed by atoms with Gasteiger partial charge in [-0.25, -0.2) is 0 Å². The lowest BCUT2D eigenvalue weighted by molar-refractivity contribution is 0.0951. The molecule has 0 spiro atoms. The van der Waals surface area contributed by atoms with Gasteiger partial charge in [-0.2, -0.15) is 0 Å². The van der Waals surface area contributed by atoms with Crippen molar-refractivity contribution in [3.05, 3.63) is 59.7 Å². The van der Waals surface area contributed by atoms with E-state index in [-0.39, 0.29) is 5.91 Å². The molecular weight excluding hydrogens is 300 g/mol. The summed E-state index contributed by atoms with van der Waals surface area (Å²) in [7, 11) is 1.58. The first-order valence-corrected chi connectivity index (χ1v) is 8.53. The molecule has 3 rings (SSSR count). The minimum Gasteiger partial charge on any atom is -0.496 e. The fourth-order valence-electron chi connectivity index (χ4n) is 3.10. The lowest BCUT2D eigenvalue weighted by atomic mass is 10.1. The number of carbonyl (C=O) groups is 1. The lowest BCUT2D eigenvalue weighted by Crippen LogP contribution is -2.26. The van der Waals surface area contributed by atoms with Crippen molar-refractivity contribution < 1.29 is 9.53 Å². The molecule has 24 heavy (non-hydrogen) atoms. The van der Waals surface area contributed by atoms with Crippen LogP contribution in [0.2, 0.25) is 0 Å². The largest absolute Gasteiger partial charge is 0.496 e. The molecule has 0 aromatic heterocycles. The summed E-state index contributed by atoms with van der Waals surface area (Å²) in [6.45, 7) is 2.93. The van der Waals surface area contributed by atoms with Crippen molar-refractivity contribution in [2.45, 2.75) is 19.3 Å². The van der Waals surface area contributed by atoms with E-state index in [9.17, 15) is 4.79 Å². The summed E-state index contributed by atoms with van der Waals surface area (Å²) < 4.78 is 5.23. The average Bonchev–Trinajstić information content (AvgIpc) is 3.17. The van der Waals surface area contributed by atoms with Crippen molar-refractivity contribution in [1.82, 2.24) is 5.32 Å². The molecule has 1 fully saturated rings. The van der Waals surface area contributed by atoms with Crippen LogP contribution in [-0.4, -0.2) is 32.7 Å². The van der Waals surface area contributed by atoms with Crippen LogP contribution >= 0.6 is 0 Å². The van der Waals surface area contributed by atoms with Gasteiger partial charge in [-0.3, -0.25) is 4.79 Å². The number of methoxy groups -OCH3 is 1. The second kappa shape index (κ2) is 7.86. The Labute approximate surface area is 143 Å². The Morgan fingerprint density at radius 1 is 1.08 bits per heavy atom. The maximum atomic E-state index is 12.2. The smallest absolute Gasteiger partial charge is 0.255 e. The van der Waals surface area contributed by atoms with Crippen LogP contribution < -0.4 is 15.0 Å². The molecule has 2 aromatic rings.